The molecule has 4 aromatic rings. The third-order valence-electron chi connectivity index (χ3n) is 5.82. The molecule has 0 N–H and O–H groups in total. The highest BCUT2D eigenvalue weighted by molar-refractivity contribution is 9.11. The first kappa shape index (κ1) is 26.1. The zero-order valence-corrected chi connectivity index (χ0v) is 24.0. The minimum absolute atomic E-state index is 0.226. The fourth-order valence-electron chi connectivity index (χ4n) is 4.05. The van der Waals surface area contributed by atoms with E-state index in [4.69, 9.17) is 14.5 Å². The van der Waals surface area contributed by atoms with Gasteiger partial charge in [0.1, 0.15) is 11.5 Å². The van der Waals surface area contributed by atoms with Crippen molar-refractivity contribution in [3.63, 3.8) is 0 Å². The maximum Gasteiger partial charge on any atom is 0.282 e. The molecule has 186 valence electrons. The molecule has 0 atom stereocenters. The Morgan fingerprint density at radius 2 is 1.81 bits per heavy atom. The minimum atomic E-state index is -0.238. The van der Waals surface area contributed by atoms with Crippen LogP contribution in [0.3, 0.4) is 0 Å². The molecule has 8 heteroatoms. The van der Waals surface area contributed by atoms with Gasteiger partial charge in [-0.3, -0.25) is 4.79 Å². The number of benzene rings is 3. The quantitative estimate of drug-likeness (QED) is 0.205. The SMILES string of the molecule is CCOc1cc(C)c(-c2nc3ccccc3c(=O)n2N=Cc2cc(Br)c(OC)c(Br)c2)cc1C(C)C. The van der Waals surface area contributed by atoms with Crippen LogP contribution in [0.25, 0.3) is 22.3 Å². The molecule has 0 amide bonds. The molecule has 0 fully saturated rings. The van der Waals surface area contributed by atoms with Gasteiger partial charge in [0.2, 0.25) is 0 Å². The fraction of sp³-hybridized carbons (Fsp3) is 0.250. The molecule has 0 radical (unpaired) electrons. The maximum absolute atomic E-state index is 13.6. The molecule has 0 aliphatic heterocycles. The smallest absolute Gasteiger partial charge is 0.282 e. The molecular weight excluding hydrogens is 586 g/mol. The minimum Gasteiger partial charge on any atom is -0.494 e. The van der Waals surface area contributed by atoms with Gasteiger partial charge in [-0.05, 0) is 105 Å². The first-order valence-corrected chi connectivity index (χ1v) is 13.2. The number of nitrogens with zero attached hydrogens (tertiary/aromatic N) is 3. The lowest BCUT2D eigenvalue weighted by Gasteiger charge is -2.18. The van der Waals surface area contributed by atoms with E-state index in [-0.39, 0.29) is 11.5 Å². The van der Waals surface area contributed by atoms with Crippen LogP contribution in [-0.4, -0.2) is 29.6 Å². The summed E-state index contributed by atoms with van der Waals surface area (Å²) in [5.74, 6) is 2.23. The number of hydrogen-bond donors (Lipinski definition) is 0. The van der Waals surface area contributed by atoms with Crippen molar-refractivity contribution in [2.75, 3.05) is 13.7 Å². The van der Waals surface area contributed by atoms with Gasteiger partial charge < -0.3 is 9.47 Å². The normalized spacial score (nSPS) is 11.6. The molecule has 4 rings (SSSR count). The van der Waals surface area contributed by atoms with E-state index in [0.29, 0.717) is 29.1 Å². The van der Waals surface area contributed by atoms with Crippen molar-refractivity contribution in [1.29, 1.82) is 0 Å². The van der Waals surface area contributed by atoms with E-state index in [9.17, 15) is 4.79 Å². The van der Waals surface area contributed by atoms with Crippen molar-refractivity contribution in [1.82, 2.24) is 9.66 Å². The number of para-hydroxylation sites is 1. The summed E-state index contributed by atoms with van der Waals surface area (Å²) in [7, 11) is 1.61. The van der Waals surface area contributed by atoms with Gasteiger partial charge in [0.15, 0.2) is 5.82 Å². The van der Waals surface area contributed by atoms with Gasteiger partial charge in [0.25, 0.3) is 5.56 Å². The molecule has 6 nitrogen and oxygen atoms in total. The molecule has 0 saturated heterocycles. The van der Waals surface area contributed by atoms with Gasteiger partial charge in [-0.2, -0.15) is 9.78 Å². The Hall–Kier alpha value is -2.97. The van der Waals surface area contributed by atoms with Crippen molar-refractivity contribution >= 4 is 49.0 Å². The van der Waals surface area contributed by atoms with E-state index in [1.165, 1.54) is 4.68 Å². The zero-order chi connectivity index (χ0) is 26.0. The molecule has 0 aliphatic carbocycles. The van der Waals surface area contributed by atoms with E-state index < -0.39 is 0 Å². The van der Waals surface area contributed by atoms with Crippen LogP contribution < -0.4 is 15.0 Å². The van der Waals surface area contributed by atoms with Gasteiger partial charge in [0.05, 0.1) is 39.8 Å². The van der Waals surface area contributed by atoms with Crippen molar-refractivity contribution in [3.05, 3.63) is 84.5 Å². The molecule has 0 spiro atoms. The van der Waals surface area contributed by atoms with Crippen LogP contribution >= 0.6 is 31.9 Å². The molecule has 0 unspecified atom stereocenters. The summed E-state index contributed by atoms with van der Waals surface area (Å²) in [5, 5.41) is 5.12. The Labute approximate surface area is 227 Å². The summed E-state index contributed by atoms with van der Waals surface area (Å²) in [6.45, 7) is 8.79. The van der Waals surface area contributed by atoms with E-state index in [1.54, 1.807) is 19.4 Å². The summed E-state index contributed by atoms with van der Waals surface area (Å²) < 4.78 is 14.2. The third kappa shape index (κ3) is 5.11. The highest BCUT2D eigenvalue weighted by atomic mass is 79.9. The molecule has 36 heavy (non-hydrogen) atoms. The number of methoxy groups -OCH3 is 1. The monoisotopic (exact) mass is 611 g/mol. The fourth-order valence-corrected chi connectivity index (χ4v) is 5.59. The second kappa shape index (κ2) is 11.0. The zero-order valence-electron chi connectivity index (χ0n) is 20.8. The molecule has 1 aromatic heterocycles. The van der Waals surface area contributed by atoms with E-state index in [1.807, 2.05) is 50.2 Å². The number of halogens is 2. The average molecular weight is 613 g/mol. The predicted octanol–water partition coefficient (Wildman–Crippen LogP) is 7.31. The summed E-state index contributed by atoms with van der Waals surface area (Å²) >= 11 is 7.05. The van der Waals surface area contributed by atoms with Crippen LogP contribution in [0.5, 0.6) is 11.5 Å². The van der Waals surface area contributed by atoms with Crippen LogP contribution in [0.2, 0.25) is 0 Å². The Balaban J connectivity index is 1.96. The Morgan fingerprint density at radius 3 is 2.44 bits per heavy atom. The summed E-state index contributed by atoms with van der Waals surface area (Å²) in [4.78, 5) is 18.5. The van der Waals surface area contributed by atoms with E-state index in [2.05, 4.69) is 56.9 Å². The number of aryl methyl sites for hydroxylation is 1. The van der Waals surface area contributed by atoms with Gasteiger partial charge in [-0.15, -0.1) is 0 Å². The molecular formula is C28H27Br2N3O3. The third-order valence-corrected chi connectivity index (χ3v) is 7.00. The first-order chi connectivity index (χ1) is 17.2. The van der Waals surface area contributed by atoms with Gasteiger partial charge in [-0.25, -0.2) is 4.98 Å². The Kier molecular flexibility index (Phi) is 7.95. The van der Waals surface area contributed by atoms with Crippen LogP contribution in [0.15, 0.2) is 67.4 Å². The molecule has 0 bridgehead atoms. The highest BCUT2D eigenvalue weighted by Crippen LogP contribution is 2.35. The van der Waals surface area contributed by atoms with Crippen LogP contribution in [0, 0.1) is 6.92 Å². The number of rotatable bonds is 7. The molecule has 0 aliphatic rings. The number of hydrogen-bond acceptors (Lipinski definition) is 5. The van der Waals surface area contributed by atoms with Gasteiger partial charge in [-0.1, -0.05) is 26.0 Å². The second-order valence-corrected chi connectivity index (χ2v) is 10.3. The number of aromatic nitrogens is 2. The Bertz CT molecular complexity index is 1500. The number of fused-ring (bicyclic) bond motifs is 1. The maximum atomic E-state index is 13.6. The van der Waals surface area contributed by atoms with E-state index in [0.717, 1.165) is 36.9 Å². The van der Waals surface area contributed by atoms with Crippen molar-refractivity contribution in [2.24, 2.45) is 5.10 Å². The lowest BCUT2D eigenvalue weighted by atomic mass is 9.96. The molecule has 1 heterocycles. The van der Waals surface area contributed by atoms with Crippen molar-refractivity contribution in [3.8, 4) is 22.9 Å². The van der Waals surface area contributed by atoms with Crippen molar-refractivity contribution in [2.45, 2.75) is 33.6 Å². The topological polar surface area (TPSA) is 65.7 Å². The summed E-state index contributed by atoms with van der Waals surface area (Å²) in [5.41, 5.74) is 4.00. The van der Waals surface area contributed by atoms with Crippen LogP contribution in [0.4, 0.5) is 0 Å². The standard InChI is InChI=1S/C28H27Br2N3O3/c1-6-36-25-11-17(4)21(14-20(25)16(2)3)27-32-24-10-8-7-9-19(24)28(34)33(27)31-15-18-12-22(29)26(35-5)23(30)13-18/h7-16H,6H2,1-5H3. The highest BCUT2D eigenvalue weighted by Gasteiger charge is 2.18. The lowest BCUT2D eigenvalue weighted by molar-refractivity contribution is 0.335. The molecule has 3 aromatic carbocycles. The second-order valence-electron chi connectivity index (χ2n) is 8.62. The van der Waals surface area contributed by atoms with Gasteiger partial charge >= 0.3 is 0 Å². The largest absolute Gasteiger partial charge is 0.494 e. The Morgan fingerprint density at radius 1 is 1.11 bits per heavy atom. The van der Waals surface area contributed by atoms with Crippen molar-refractivity contribution < 1.29 is 9.47 Å². The predicted molar refractivity (Wildman–Crippen MR) is 153 cm³/mol. The number of ether oxygens (including phenoxy) is 2. The van der Waals surface area contributed by atoms with Gasteiger partial charge in [0, 0.05) is 5.56 Å². The summed E-state index contributed by atoms with van der Waals surface area (Å²) in [6, 6.07) is 15.2. The van der Waals surface area contributed by atoms with E-state index >= 15 is 0 Å². The average Bonchev–Trinajstić information content (AvgIpc) is 2.83. The first-order valence-electron chi connectivity index (χ1n) is 11.6. The summed E-state index contributed by atoms with van der Waals surface area (Å²) in [6.07, 6.45) is 1.64. The lowest BCUT2D eigenvalue weighted by Crippen LogP contribution is -2.21. The van der Waals surface area contributed by atoms with Crippen LogP contribution in [-0.2, 0) is 0 Å². The van der Waals surface area contributed by atoms with Crippen LogP contribution in [0.1, 0.15) is 43.4 Å². The molecule has 0 saturated carbocycles.